The van der Waals surface area contributed by atoms with E-state index in [4.69, 9.17) is 0 Å². The molecule has 0 spiro atoms. The summed E-state index contributed by atoms with van der Waals surface area (Å²) < 4.78 is 3.34. The molecule has 1 aliphatic carbocycles. The summed E-state index contributed by atoms with van der Waals surface area (Å²) >= 11 is 3.53. The molecule has 1 aliphatic rings. The highest BCUT2D eigenvalue weighted by atomic mass is 79.9. The van der Waals surface area contributed by atoms with Gasteiger partial charge in [-0.25, -0.2) is 4.98 Å². The summed E-state index contributed by atoms with van der Waals surface area (Å²) in [5.41, 5.74) is 2.35. The van der Waals surface area contributed by atoms with E-state index < -0.39 is 0 Å². The minimum absolute atomic E-state index is 0.595. The fourth-order valence-electron chi connectivity index (χ4n) is 2.87. The molecule has 3 nitrogen and oxygen atoms in total. The monoisotopic (exact) mass is 333 g/mol. The SMILES string of the molecule is Cc1cn(Cc2cccc(Br)c2)c(NC2CCCC2)n1. The molecular weight excluding hydrogens is 314 g/mol. The zero-order valence-electron chi connectivity index (χ0n) is 11.8. The van der Waals surface area contributed by atoms with Gasteiger partial charge < -0.3 is 9.88 Å². The largest absolute Gasteiger partial charge is 0.353 e. The summed E-state index contributed by atoms with van der Waals surface area (Å²) in [7, 11) is 0. The van der Waals surface area contributed by atoms with Crippen LogP contribution in [0.25, 0.3) is 0 Å². The summed E-state index contributed by atoms with van der Waals surface area (Å²) in [6.07, 6.45) is 7.33. The molecule has 1 aromatic heterocycles. The van der Waals surface area contributed by atoms with Crippen molar-refractivity contribution in [3.8, 4) is 0 Å². The minimum Gasteiger partial charge on any atom is -0.353 e. The fraction of sp³-hybridized carbons (Fsp3) is 0.438. The van der Waals surface area contributed by atoms with Crippen molar-refractivity contribution in [2.45, 2.75) is 45.2 Å². The Bertz CT molecular complexity index is 585. The van der Waals surface area contributed by atoms with E-state index in [1.807, 2.05) is 0 Å². The average molecular weight is 334 g/mol. The highest BCUT2D eigenvalue weighted by molar-refractivity contribution is 9.10. The summed E-state index contributed by atoms with van der Waals surface area (Å²) in [5, 5.41) is 3.61. The van der Waals surface area contributed by atoms with Crippen LogP contribution in [0, 0.1) is 6.92 Å². The molecule has 1 fully saturated rings. The molecule has 0 unspecified atom stereocenters. The van der Waals surface area contributed by atoms with Gasteiger partial charge in [0.1, 0.15) is 0 Å². The van der Waals surface area contributed by atoms with Crippen molar-refractivity contribution in [2.75, 3.05) is 5.32 Å². The van der Waals surface area contributed by atoms with Crippen molar-refractivity contribution >= 4 is 21.9 Å². The molecule has 0 aliphatic heterocycles. The van der Waals surface area contributed by atoms with Crippen LogP contribution in [0.5, 0.6) is 0 Å². The Kier molecular flexibility index (Phi) is 4.10. The molecule has 0 saturated heterocycles. The summed E-state index contributed by atoms with van der Waals surface area (Å²) in [6, 6.07) is 9.04. The molecule has 0 radical (unpaired) electrons. The molecule has 0 amide bonds. The van der Waals surface area contributed by atoms with E-state index in [0.29, 0.717) is 6.04 Å². The molecule has 1 N–H and O–H groups in total. The molecule has 106 valence electrons. The van der Waals surface area contributed by atoms with Crippen LogP contribution in [0.15, 0.2) is 34.9 Å². The number of nitrogens with zero attached hydrogens (tertiary/aromatic N) is 2. The summed E-state index contributed by atoms with van der Waals surface area (Å²) in [6.45, 7) is 2.91. The number of aryl methyl sites for hydroxylation is 1. The number of hydrogen-bond donors (Lipinski definition) is 1. The van der Waals surface area contributed by atoms with Crippen molar-refractivity contribution in [2.24, 2.45) is 0 Å². The lowest BCUT2D eigenvalue weighted by Gasteiger charge is -2.14. The third-order valence-electron chi connectivity index (χ3n) is 3.83. The third-order valence-corrected chi connectivity index (χ3v) is 4.32. The molecule has 2 aromatic rings. The average Bonchev–Trinajstić information content (AvgIpc) is 3.01. The predicted octanol–water partition coefficient (Wildman–Crippen LogP) is 4.36. The van der Waals surface area contributed by atoms with Gasteiger partial charge in [0.25, 0.3) is 0 Å². The van der Waals surface area contributed by atoms with E-state index >= 15 is 0 Å². The van der Waals surface area contributed by atoms with Crippen molar-refractivity contribution in [3.63, 3.8) is 0 Å². The first-order chi connectivity index (χ1) is 9.70. The van der Waals surface area contributed by atoms with E-state index in [9.17, 15) is 0 Å². The Hall–Kier alpha value is -1.29. The van der Waals surface area contributed by atoms with Crippen molar-refractivity contribution < 1.29 is 0 Å². The van der Waals surface area contributed by atoms with Gasteiger partial charge >= 0.3 is 0 Å². The minimum atomic E-state index is 0.595. The van der Waals surface area contributed by atoms with E-state index in [1.165, 1.54) is 31.2 Å². The molecule has 0 atom stereocenters. The number of hydrogen-bond acceptors (Lipinski definition) is 2. The highest BCUT2D eigenvalue weighted by Crippen LogP contribution is 2.23. The first-order valence-electron chi connectivity index (χ1n) is 7.25. The molecule has 0 bridgehead atoms. The fourth-order valence-corrected chi connectivity index (χ4v) is 3.31. The second-order valence-electron chi connectivity index (χ2n) is 5.59. The van der Waals surface area contributed by atoms with Crippen molar-refractivity contribution in [1.29, 1.82) is 0 Å². The summed E-state index contributed by atoms with van der Waals surface area (Å²) in [5.74, 6) is 1.01. The van der Waals surface area contributed by atoms with Crippen LogP contribution >= 0.6 is 15.9 Å². The number of anilines is 1. The topological polar surface area (TPSA) is 29.9 Å². The molecule has 3 rings (SSSR count). The Labute approximate surface area is 128 Å². The number of aromatic nitrogens is 2. The number of imidazole rings is 1. The number of benzene rings is 1. The second kappa shape index (κ2) is 6.00. The van der Waals surface area contributed by atoms with Gasteiger partial charge in [-0.2, -0.15) is 0 Å². The lowest BCUT2D eigenvalue weighted by Crippen LogP contribution is -2.18. The molecule has 1 saturated carbocycles. The van der Waals surface area contributed by atoms with Crippen LogP contribution in [-0.4, -0.2) is 15.6 Å². The van der Waals surface area contributed by atoms with Crippen LogP contribution in [0.2, 0.25) is 0 Å². The van der Waals surface area contributed by atoms with Gasteiger partial charge in [-0.15, -0.1) is 0 Å². The first-order valence-corrected chi connectivity index (χ1v) is 8.05. The maximum atomic E-state index is 4.63. The van der Waals surface area contributed by atoms with E-state index in [-0.39, 0.29) is 0 Å². The van der Waals surface area contributed by atoms with Crippen LogP contribution in [0.1, 0.15) is 36.9 Å². The van der Waals surface area contributed by atoms with Gasteiger partial charge in [-0.1, -0.05) is 40.9 Å². The zero-order chi connectivity index (χ0) is 13.9. The molecular formula is C16H20BrN3. The van der Waals surface area contributed by atoms with E-state index in [0.717, 1.165) is 22.7 Å². The Balaban J connectivity index is 1.78. The quantitative estimate of drug-likeness (QED) is 0.900. The number of rotatable bonds is 4. The Morgan fingerprint density at radius 2 is 2.15 bits per heavy atom. The van der Waals surface area contributed by atoms with Crippen molar-refractivity contribution in [1.82, 2.24) is 9.55 Å². The van der Waals surface area contributed by atoms with Crippen molar-refractivity contribution in [3.05, 3.63) is 46.2 Å². The Morgan fingerprint density at radius 1 is 1.35 bits per heavy atom. The van der Waals surface area contributed by atoms with Gasteiger partial charge in [-0.05, 0) is 37.5 Å². The van der Waals surface area contributed by atoms with Crippen LogP contribution in [-0.2, 0) is 6.54 Å². The molecule has 4 heteroatoms. The maximum Gasteiger partial charge on any atom is 0.203 e. The predicted molar refractivity (Wildman–Crippen MR) is 86.1 cm³/mol. The molecule has 1 heterocycles. The normalized spacial score (nSPS) is 15.7. The standard InChI is InChI=1S/C16H20BrN3/c1-12-10-20(11-13-5-4-6-14(17)9-13)16(18-12)19-15-7-2-3-8-15/h4-6,9-10,15H,2-3,7-8,11H2,1H3,(H,18,19). The number of halogens is 1. The van der Waals surface area contributed by atoms with Crippen LogP contribution < -0.4 is 5.32 Å². The van der Waals surface area contributed by atoms with Crippen LogP contribution in [0.3, 0.4) is 0 Å². The van der Waals surface area contributed by atoms with Gasteiger partial charge in [0, 0.05) is 16.7 Å². The maximum absolute atomic E-state index is 4.63. The van der Waals surface area contributed by atoms with Crippen LogP contribution in [0.4, 0.5) is 5.95 Å². The summed E-state index contributed by atoms with van der Waals surface area (Å²) in [4.78, 5) is 4.63. The number of nitrogens with one attached hydrogen (secondary N) is 1. The van der Waals surface area contributed by atoms with E-state index in [2.05, 4.69) is 68.2 Å². The lowest BCUT2D eigenvalue weighted by atomic mass is 10.2. The first kappa shape index (κ1) is 13.7. The van der Waals surface area contributed by atoms with Gasteiger partial charge in [0.15, 0.2) is 0 Å². The third kappa shape index (κ3) is 3.23. The molecule has 1 aromatic carbocycles. The zero-order valence-corrected chi connectivity index (χ0v) is 13.4. The Morgan fingerprint density at radius 3 is 2.90 bits per heavy atom. The second-order valence-corrected chi connectivity index (χ2v) is 6.51. The van der Waals surface area contributed by atoms with Gasteiger partial charge in [0.05, 0.1) is 12.2 Å². The highest BCUT2D eigenvalue weighted by Gasteiger charge is 2.17. The van der Waals surface area contributed by atoms with E-state index in [1.54, 1.807) is 0 Å². The molecule has 20 heavy (non-hydrogen) atoms. The smallest absolute Gasteiger partial charge is 0.203 e. The van der Waals surface area contributed by atoms with Gasteiger partial charge in [-0.3, -0.25) is 0 Å². The lowest BCUT2D eigenvalue weighted by molar-refractivity contribution is 0.716. The van der Waals surface area contributed by atoms with Gasteiger partial charge in [0.2, 0.25) is 5.95 Å².